The Labute approximate surface area is 106 Å². The van der Waals surface area contributed by atoms with E-state index in [9.17, 15) is 14.7 Å². The first-order valence-electron chi connectivity index (χ1n) is 6.53. The Morgan fingerprint density at radius 3 is 2.39 bits per heavy atom. The fourth-order valence-electron chi connectivity index (χ4n) is 3.06. The minimum atomic E-state index is -1.13. The molecule has 0 aliphatic heterocycles. The molecule has 0 bridgehead atoms. The summed E-state index contributed by atoms with van der Waals surface area (Å²) in [6.45, 7) is 0. The summed E-state index contributed by atoms with van der Waals surface area (Å²) >= 11 is 0. The first-order chi connectivity index (χ1) is 8.63. The molecule has 0 atom stereocenters. The van der Waals surface area contributed by atoms with Gasteiger partial charge in [-0.25, -0.2) is 0 Å². The van der Waals surface area contributed by atoms with Gasteiger partial charge in [0.05, 0.1) is 0 Å². The van der Waals surface area contributed by atoms with Crippen molar-refractivity contribution in [2.75, 3.05) is 0 Å². The third kappa shape index (κ3) is 1.50. The van der Waals surface area contributed by atoms with Gasteiger partial charge in [-0.2, -0.15) is 0 Å². The number of hydrogen-bond acceptors (Lipinski definition) is 2. The van der Waals surface area contributed by atoms with E-state index in [1.807, 2.05) is 12.1 Å². The van der Waals surface area contributed by atoms with Gasteiger partial charge in [0.2, 0.25) is 0 Å². The number of Topliss-reactive ketones (excluding diaryl/α,β-unsaturated/α-hetero) is 1. The van der Waals surface area contributed by atoms with Crippen LogP contribution in [0.3, 0.4) is 0 Å². The molecule has 0 aromatic heterocycles. The van der Waals surface area contributed by atoms with E-state index in [0.29, 0.717) is 18.4 Å². The van der Waals surface area contributed by atoms with Crippen LogP contribution in [0.25, 0.3) is 0 Å². The van der Waals surface area contributed by atoms with Crippen LogP contribution in [0.4, 0.5) is 0 Å². The molecule has 94 valence electrons. The molecule has 1 fully saturated rings. The number of ketones is 1. The molecule has 1 saturated carbocycles. The van der Waals surface area contributed by atoms with Gasteiger partial charge in [-0.15, -0.1) is 0 Å². The first kappa shape index (κ1) is 11.5. The average Bonchev–Trinajstić information content (AvgIpc) is 2.73. The van der Waals surface area contributed by atoms with Crippen molar-refractivity contribution in [2.45, 2.75) is 38.5 Å². The fourth-order valence-corrected chi connectivity index (χ4v) is 3.06. The first-order valence-corrected chi connectivity index (χ1v) is 6.53. The van der Waals surface area contributed by atoms with E-state index < -0.39 is 11.4 Å². The van der Waals surface area contributed by atoms with Gasteiger partial charge in [0, 0.05) is 5.56 Å². The molecule has 0 saturated heterocycles. The maximum atomic E-state index is 12.4. The van der Waals surface area contributed by atoms with Crippen molar-refractivity contribution >= 4 is 11.8 Å². The Morgan fingerprint density at radius 1 is 1.06 bits per heavy atom. The van der Waals surface area contributed by atoms with Crippen molar-refractivity contribution in [3.63, 3.8) is 0 Å². The van der Waals surface area contributed by atoms with Crippen molar-refractivity contribution in [1.82, 2.24) is 0 Å². The van der Waals surface area contributed by atoms with E-state index in [-0.39, 0.29) is 5.78 Å². The Hall–Kier alpha value is -1.64. The second-order valence-corrected chi connectivity index (χ2v) is 5.41. The molecule has 1 aromatic rings. The number of hydrogen-bond donors (Lipinski definition) is 1. The molecule has 2 aliphatic carbocycles. The van der Waals surface area contributed by atoms with Gasteiger partial charge >= 0.3 is 5.97 Å². The standard InChI is InChI=1S/C15H16O3/c16-13(15(14(17)18)7-2-8-15)12-6-5-10-3-1-4-11(10)9-12/h5-6,9H,1-4,7-8H2,(H,17,18). The van der Waals surface area contributed by atoms with E-state index in [0.717, 1.165) is 25.7 Å². The summed E-state index contributed by atoms with van der Waals surface area (Å²) in [4.78, 5) is 23.7. The molecule has 3 nitrogen and oxygen atoms in total. The summed E-state index contributed by atoms with van der Waals surface area (Å²) in [5.41, 5.74) is 1.98. The highest BCUT2D eigenvalue weighted by Gasteiger charge is 2.51. The topological polar surface area (TPSA) is 54.4 Å². The molecule has 1 N–H and O–H groups in total. The maximum absolute atomic E-state index is 12.4. The van der Waals surface area contributed by atoms with Crippen LogP contribution in [-0.4, -0.2) is 16.9 Å². The quantitative estimate of drug-likeness (QED) is 0.657. The van der Waals surface area contributed by atoms with E-state index >= 15 is 0 Å². The molecule has 3 heteroatoms. The van der Waals surface area contributed by atoms with Crippen molar-refractivity contribution in [1.29, 1.82) is 0 Å². The predicted molar refractivity (Wildman–Crippen MR) is 66.7 cm³/mol. The van der Waals surface area contributed by atoms with Crippen molar-refractivity contribution in [3.8, 4) is 0 Å². The molecule has 0 unspecified atom stereocenters. The highest BCUT2D eigenvalue weighted by atomic mass is 16.4. The fraction of sp³-hybridized carbons (Fsp3) is 0.467. The zero-order chi connectivity index (χ0) is 12.8. The van der Waals surface area contributed by atoms with Crippen LogP contribution < -0.4 is 0 Å². The van der Waals surface area contributed by atoms with Crippen molar-refractivity contribution in [3.05, 3.63) is 34.9 Å². The number of aliphatic carboxylic acids is 1. The van der Waals surface area contributed by atoms with Gasteiger partial charge in [-0.3, -0.25) is 9.59 Å². The summed E-state index contributed by atoms with van der Waals surface area (Å²) in [7, 11) is 0. The summed E-state index contributed by atoms with van der Waals surface area (Å²) in [6, 6.07) is 5.70. The van der Waals surface area contributed by atoms with E-state index in [2.05, 4.69) is 0 Å². The molecule has 1 aromatic carbocycles. The molecular formula is C15H16O3. The monoisotopic (exact) mass is 244 g/mol. The molecule has 0 spiro atoms. The van der Waals surface area contributed by atoms with Crippen LogP contribution in [0.5, 0.6) is 0 Å². The lowest BCUT2D eigenvalue weighted by molar-refractivity contribution is -0.150. The number of benzene rings is 1. The van der Waals surface area contributed by atoms with Gasteiger partial charge in [-0.05, 0) is 49.3 Å². The lowest BCUT2D eigenvalue weighted by Crippen LogP contribution is -2.45. The van der Waals surface area contributed by atoms with Crippen LogP contribution in [0.15, 0.2) is 18.2 Å². The molecular weight excluding hydrogens is 228 g/mol. The number of carbonyl (C=O) groups excluding carboxylic acids is 1. The SMILES string of the molecule is O=C(O)C1(C(=O)c2ccc3c(c2)CCC3)CCC1. The largest absolute Gasteiger partial charge is 0.480 e. The zero-order valence-electron chi connectivity index (χ0n) is 10.2. The number of carboxylic acids is 1. The predicted octanol–water partition coefficient (Wildman–Crippen LogP) is 2.61. The van der Waals surface area contributed by atoms with Crippen LogP contribution in [-0.2, 0) is 17.6 Å². The number of fused-ring (bicyclic) bond motifs is 1. The van der Waals surface area contributed by atoms with Gasteiger partial charge in [0.15, 0.2) is 5.78 Å². The molecule has 18 heavy (non-hydrogen) atoms. The third-order valence-electron chi connectivity index (χ3n) is 4.41. The second kappa shape index (κ2) is 3.94. The minimum Gasteiger partial charge on any atom is -0.480 e. The zero-order valence-corrected chi connectivity index (χ0v) is 10.2. The number of carbonyl (C=O) groups is 2. The lowest BCUT2D eigenvalue weighted by atomic mass is 9.64. The minimum absolute atomic E-state index is 0.198. The van der Waals surface area contributed by atoms with Crippen molar-refractivity contribution < 1.29 is 14.7 Å². The summed E-state index contributed by atoms with van der Waals surface area (Å²) < 4.78 is 0. The van der Waals surface area contributed by atoms with Gasteiger partial charge in [0.25, 0.3) is 0 Å². The normalized spacial score (nSPS) is 20.0. The number of rotatable bonds is 3. The van der Waals surface area contributed by atoms with Gasteiger partial charge in [0.1, 0.15) is 5.41 Å². The molecule has 2 aliphatic rings. The van der Waals surface area contributed by atoms with Crippen LogP contribution in [0.1, 0.15) is 47.2 Å². The van der Waals surface area contributed by atoms with Crippen LogP contribution >= 0.6 is 0 Å². The Kier molecular flexibility index (Phi) is 2.51. The van der Waals surface area contributed by atoms with Crippen molar-refractivity contribution in [2.24, 2.45) is 5.41 Å². The molecule has 0 amide bonds. The van der Waals surface area contributed by atoms with Crippen LogP contribution in [0.2, 0.25) is 0 Å². The third-order valence-corrected chi connectivity index (χ3v) is 4.41. The maximum Gasteiger partial charge on any atom is 0.317 e. The van der Waals surface area contributed by atoms with E-state index in [1.165, 1.54) is 11.1 Å². The molecule has 0 heterocycles. The Balaban J connectivity index is 1.95. The average molecular weight is 244 g/mol. The van der Waals surface area contributed by atoms with Crippen LogP contribution in [0, 0.1) is 5.41 Å². The van der Waals surface area contributed by atoms with Gasteiger partial charge < -0.3 is 5.11 Å². The van der Waals surface area contributed by atoms with E-state index in [1.54, 1.807) is 6.07 Å². The lowest BCUT2D eigenvalue weighted by Gasteiger charge is -2.36. The van der Waals surface area contributed by atoms with Gasteiger partial charge in [-0.1, -0.05) is 18.6 Å². The number of carboxylic acid groups (broad SMARTS) is 1. The van der Waals surface area contributed by atoms with E-state index in [4.69, 9.17) is 0 Å². The smallest absolute Gasteiger partial charge is 0.317 e. The second-order valence-electron chi connectivity index (χ2n) is 5.41. The molecule has 3 rings (SSSR count). The summed E-state index contributed by atoms with van der Waals surface area (Å²) in [6.07, 6.45) is 5.03. The highest BCUT2D eigenvalue weighted by Crippen LogP contribution is 2.44. The summed E-state index contributed by atoms with van der Waals surface area (Å²) in [5, 5.41) is 9.29. The Bertz CT molecular complexity index is 527. The number of aryl methyl sites for hydroxylation is 2. The molecule has 0 radical (unpaired) electrons. The Morgan fingerprint density at radius 2 is 1.78 bits per heavy atom. The summed E-state index contributed by atoms with van der Waals surface area (Å²) in [5.74, 6) is -1.16. The highest BCUT2D eigenvalue weighted by molar-refractivity contribution is 6.12.